The maximum absolute atomic E-state index is 4.30. The van der Waals surface area contributed by atoms with Gasteiger partial charge in [-0.15, -0.1) is 0 Å². The van der Waals surface area contributed by atoms with Crippen molar-refractivity contribution in [1.29, 1.82) is 0 Å². The molecular weight excluding hydrogens is 262 g/mol. The Morgan fingerprint density at radius 3 is 2.76 bits per heavy atom. The fourth-order valence-corrected chi connectivity index (χ4v) is 2.18. The molecule has 2 aromatic heterocycles. The minimum Gasteiger partial charge on any atom is -0.261 e. The summed E-state index contributed by atoms with van der Waals surface area (Å²) in [7, 11) is 0. The Balaban J connectivity index is 1.93. The van der Waals surface area contributed by atoms with E-state index in [1.54, 1.807) is 29.6 Å². The maximum atomic E-state index is 4.30. The Morgan fingerprint density at radius 1 is 1.19 bits per heavy atom. The van der Waals surface area contributed by atoms with Gasteiger partial charge in [0.1, 0.15) is 12.7 Å². The maximum Gasteiger partial charge on any atom is 0.138 e. The number of nitrogens with zero attached hydrogens (tertiary/aromatic N) is 5. The molecule has 5 nitrogen and oxygen atoms in total. The van der Waals surface area contributed by atoms with Crippen molar-refractivity contribution >= 4 is 11.6 Å². The molecule has 2 heterocycles. The molecule has 21 heavy (non-hydrogen) atoms. The lowest BCUT2D eigenvalue weighted by Gasteiger charge is -2.07. The summed E-state index contributed by atoms with van der Waals surface area (Å²) >= 11 is 0. The first-order valence-electron chi connectivity index (χ1n) is 6.64. The van der Waals surface area contributed by atoms with Gasteiger partial charge in [-0.1, -0.05) is 6.07 Å². The number of allylic oxidation sites excluding steroid dienone is 1. The Labute approximate surface area is 123 Å². The van der Waals surface area contributed by atoms with Crippen LogP contribution in [0.4, 0.5) is 0 Å². The van der Waals surface area contributed by atoms with Crippen LogP contribution in [0.2, 0.25) is 0 Å². The zero-order chi connectivity index (χ0) is 14.7. The van der Waals surface area contributed by atoms with Crippen LogP contribution in [0.5, 0.6) is 0 Å². The summed E-state index contributed by atoms with van der Waals surface area (Å²) in [5.41, 5.74) is 5.26. The van der Waals surface area contributed by atoms with Crippen molar-refractivity contribution < 1.29 is 0 Å². The summed E-state index contributed by atoms with van der Waals surface area (Å²) in [6, 6.07) is 6.22. The summed E-state index contributed by atoms with van der Waals surface area (Å²) in [4.78, 5) is 12.4. The molecule has 0 N–H and O–H groups in total. The highest BCUT2D eigenvalue weighted by Gasteiger charge is 2.03. The summed E-state index contributed by atoms with van der Waals surface area (Å²) in [6.07, 6.45) is 10.5. The van der Waals surface area contributed by atoms with Crippen LogP contribution in [0, 0.1) is 6.92 Å². The molecule has 0 atom stereocenters. The standard InChI is InChI=1S/C16H15N5/c1-12(15-9-17-5-6-19-15)7-14-3-4-16(13(2)8-14)21-11-18-10-20-21/h3-11H,1-2H3. The predicted octanol–water partition coefficient (Wildman–Crippen LogP) is 2.93. The zero-order valence-corrected chi connectivity index (χ0v) is 11.9. The number of hydrogen-bond donors (Lipinski definition) is 0. The van der Waals surface area contributed by atoms with Crippen LogP contribution in [0.15, 0.2) is 49.4 Å². The lowest BCUT2D eigenvalue weighted by Crippen LogP contribution is -1.97. The van der Waals surface area contributed by atoms with Gasteiger partial charge in [-0.3, -0.25) is 9.97 Å². The molecule has 0 saturated heterocycles. The molecule has 0 aliphatic heterocycles. The minimum absolute atomic E-state index is 0.885. The van der Waals surface area contributed by atoms with Crippen LogP contribution in [-0.4, -0.2) is 24.7 Å². The normalized spacial score (nSPS) is 11.6. The largest absolute Gasteiger partial charge is 0.261 e. The quantitative estimate of drug-likeness (QED) is 0.738. The Morgan fingerprint density at radius 2 is 2.10 bits per heavy atom. The molecule has 5 heteroatoms. The van der Waals surface area contributed by atoms with Crippen molar-refractivity contribution in [2.45, 2.75) is 13.8 Å². The van der Waals surface area contributed by atoms with Gasteiger partial charge in [0.05, 0.1) is 17.6 Å². The molecule has 104 valence electrons. The van der Waals surface area contributed by atoms with Crippen LogP contribution in [-0.2, 0) is 0 Å². The van der Waals surface area contributed by atoms with Crippen LogP contribution in [0.25, 0.3) is 17.3 Å². The second-order valence-electron chi connectivity index (χ2n) is 4.80. The van der Waals surface area contributed by atoms with E-state index in [2.05, 4.69) is 45.2 Å². The molecule has 0 aliphatic carbocycles. The highest BCUT2D eigenvalue weighted by molar-refractivity contribution is 5.78. The Bertz CT molecular complexity index is 761. The average Bonchev–Trinajstić information content (AvgIpc) is 3.02. The molecular formula is C16H15N5. The predicted molar refractivity (Wildman–Crippen MR) is 81.7 cm³/mol. The van der Waals surface area contributed by atoms with Gasteiger partial charge in [-0.05, 0) is 48.8 Å². The fraction of sp³-hybridized carbons (Fsp3) is 0.125. The second kappa shape index (κ2) is 5.66. The van der Waals surface area contributed by atoms with Crippen molar-refractivity contribution in [1.82, 2.24) is 24.7 Å². The third-order valence-electron chi connectivity index (χ3n) is 3.24. The van der Waals surface area contributed by atoms with Gasteiger partial charge in [-0.2, -0.15) is 5.10 Å². The van der Waals surface area contributed by atoms with Crippen LogP contribution >= 0.6 is 0 Å². The third kappa shape index (κ3) is 2.86. The molecule has 0 fully saturated rings. The number of aromatic nitrogens is 5. The zero-order valence-electron chi connectivity index (χ0n) is 11.9. The molecule has 1 aromatic carbocycles. The minimum atomic E-state index is 0.885. The Hall–Kier alpha value is -2.82. The topological polar surface area (TPSA) is 56.5 Å². The van der Waals surface area contributed by atoms with E-state index >= 15 is 0 Å². The molecule has 0 amide bonds. The summed E-state index contributed by atoms with van der Waals surface area (Å²) in [5, 5.41) is 4.16. The summed E-state index contributed by atoms with van der Waals surface area (Å²) < 4.78 is 1.76. The van der Waals surface area contributed by atoms with Crippen LogP contribution in [0.3, 0.4) is 0 Å². The highest BCUT2D eigenvalue weighted by atomic mass is 15.3. The molecule has 0 bridgehead atoms. The number of hydrogen-bond acceptors (Lipinski definition) is 4. The number of rotatable bonds is 3. The smallest absolute Gasteiger partial charge is 0.138 e. The molecule has 0 spiro atoms. The van der Waals surface area contributed by atoms with E-state index in [1.165, 1.54) is 6.33 Å². The van der Waals surface area contributed by atoms with E-state index in [0.717, 1.165) is 28.1 Å². The van der Waals surface area contributed by atoms with Gasteiger partial charge in [0, 0.05) is 12.4 Å². The first-order chi connectivity index (χ1) is 10.2. The first-order valence-corrected chi connectivity index (χ1v) is 6.64. The average molecular weight is 277 g/mol. The molecule has 3 rings (SSSR count). The molecule has 0 radical (unpaired) electrons. The van der Waals surface area contributed by atoms with E-state index in [-0.39, 0.29) is 0 Å². The van der Waals surface area contributed by atoms with Gasteiger partial charge in [0.25, 0.3) is 0 Å². The van der Waals surface area contributed by atoms with Crippen molar-refractivity contribution in [3.05, 3.63) is 66.3 Å². The van der Waals surface area contributed by atoms with E-state index in [1.807, 2.05) is 13.0 Å². The van der Waals surface area contributed by atoms with Gasteiger partial charge in [0.15, 0.2) is 0 Å². The van der Waals surface area contributed by atoms with E-state index in [4.69, 9.17) is 0 Å². The van der Waals surface area contributed by atoms with Gasteiger partial charge >= 0.3 is 0 Å². The van der Waals surface area contributed by atoms with Crippen LogP contribution in [0.1, 0.15) is 23.7 Å². The second-order valence-corrected chi connectivity index (χ2v) is 4.80. The van der Waals surface area contributed by atoms with E-state index < -0.39 is 0 Å². The summed E-state index contributed by atoms with van der Waals surface area (Å²) in [5.74, 6) is 0. The van der Waals surface area contributed by atoms with Gasteiger partial charge in [-0.25, -0.2) is 9.67 Å². The lowest BCUT2D eigenvalue weighted by atomic mass is 10.1. The molecule has 3 aromatic rings. The third-order valence-corrected chi connectivity index (χ3v) is 3.24. The molecule has 0 aliphatic rings. The summed E-state index contributed by atoms with van der Waals surface area (Å²) in [6.45, 7) is 4.09. The van der Waals surface area contributed by atoms with Gasteiger partial charge in [0.2, 0.25) is 0 Å². The SMILES string of the molecule is CC(=Cc1ccc(-n2cncn2)c(C)c1)c1cnccn1. The molecule has 0 saturated carbocycles. The number of benzene rings is 1. The molecule has 0 unspecified atom stereocenters. The van der Waals surface area contributed by atoms with Crippen molar-refractivity contribution in [2.75, 3.05) is 0 Å². The van der Waals surface area contributed by atoms with E-state index in [9.17, 15) is 0 Å². The fourth-order valence-electron chi connectivity index (χ4n) is 2.18. The van der Waals surface area contributed by atoms with Crippen molar-refractivity contribution in [3.8, 4) is 5.69 Å². The van der Waals surface area contributed by atoms with Crippen LogP contribution < -0.4 is 0 Å². The monoisotopic (exact) mass is 277 g/mol. The van der Waals surface area contributed by atoms with E-state index in [0.29, 0.717) is 0 Å². The van der Waals surface area contributed by atoms with Gasteiger partial charge < -0.3 is 0 Å². The number of aryl methyl sites for hydroxylation is 1. The van der Waals surface area contributed by atoms with Crippen molar-refractivity contribution in [2.24, 2.45) is 0 Å². The highest BCUT2D eigenvalue weighted by Crippen LogP contribution is 2.19. The Kier molecular flexibility index (Phi) is 3.55. The first kappa shape index (κ1) is 13.2. The lowest BCUT2D eigenvalue weighted by molar-refractivity contribution is 0.871. The van der Waals surface area contributed by atoms with Crippen molar-refractivity contribution in [3.63, 3.8) is 0 Å².